The van der Waals surface area contributed by atoms with Crippen molar-refractivity contribution in [2.45, 2.75) is 20.3 Å². The Morgan fingerprint density at radius 2 is 2.00 bits per heavy atom. The van der Waals surface area contributed by atoms with E-state index >= 15 is 0 Å². The van der Waals surface area contributed by atoms with Crippen LogP contribution in [-0.4, -0.2) is 30.1 Å². The summed E-state index contributed by atoms with van der Waals surface area (Å²) in [6.07, 6.45) is -0.368. The molecule has 0 aliphatic heterocycles. The van der Waals surface area contributed by atoms with Gasteiger partial charge in [-0.25, -0.2) is 4.79 Å². The van der Waals surface area contributed by atoms with E-state index in [9.17, 15) is 9.59 Å². The molecule has 0 aromatic rings. The zero-order valence-electron chi connectivity index (χ0n) is 9.41. The second-order valence-electron chi connectivity index (χ2n) is 3.47. The molecule has 2 amide bonds. The molecule has 5 N–H and O–H groups in total. The van der Waals surface area contributed by atoms with Gasteiger partial charge in [0.05, 0.1) is 16.9 Å². The second kappa shape index (κ2) is 6.26. The van der Waals surface area contributed by atoms with Gasteiger partial charge in [0.2, 0.25) is 5.91 Å². The third kappa shape index (κ3) is 4.01. The lowest BCUT2D eigenvalue weighted by molar-refractivity contribution is -0.127. The van der Waals surface area contributed by atoms with Crippen molar-refractivity contribution in [3.8, 4) is 0 Å². The van der Waals surface area contributed by atoms with Crippen LogP contribution in [0.2, 0.25) is 0 Å². The van der Waals surface area contributed by atoms with E-state index in [2.05, 4.69) is 10.1 Å². The fourth-order valence-electron chi connectivity index (χ4n) is 0.958. The van der Waals surface area contributed by atoms with Crippen LogP contribution in [0, 0.1) is 5.41 Å². The molecule has 92 valence electrons. The highest BCUT2D eigenvalue weighted by Gasteiger charge is 2.34. The van der Waals surface area contributed by atoms with Gasteiger partial charge in [0.1, 0.15) is 6.61 Å². The number of nitrogens with one attached hydrogen (secondary N) is 1. The van der Waals surface area contributed by atoms with Crippen molar-refractivity contribution in [2.75, 3.05) is 13.2 Å². The third-order valence-corrected chi connectivity index (χ3v) is 2.83. The standard InChI is InChI=1S/C9H17N3O3S/c1-3-9(2,6(10)16)7(13)12-4-5-15-8(11)14/h3-5H2,1-2H3,(H2,10,16)(H2,11,14)(H,12,13). The molecule has 0 spiro atoms. The summed E-state index contributed by atoms with van der Waals surface area (Å²) in [6, 6.07) is 0. The summed E-state index contributed by atoms with van der Waals surface area (Å²) >= 11 is 4.84. The Morgan fingerprint density at radius 1 is 1.44 bits per heavy atom. The number of carbonyl (C=O) groups is 2. The first-order valence-corrected chi connectivity index (χ1v) is 5.25. The Morgan fingerprint density at radius 3 is 2.38 bits per heavy atom. The first-order valence-electron chi connectivity index (χ1n) is 4.85. The molecule has 0 rings (SSSR count). The van der Waals surface area contributed by atoms with Crippen molar-refractivity contribution >= 4 is 29.2 Å². The lowest BCUT2D eigenvalue weighted by Gasteiger charge is -2.25. The summed E-state index contributed by atoms with van der Waals surface area (Å²) < 4.78 is 4.46. The van der Waals surface area contributed by atoms with Gasteiger partial charge in [-0.2, -0.15) is 0 Å². The predicted octanol–water partition coefficient (Wildman–Crippen LogP) is -0.0997. The number of primary amides is 1. The van der Waals surface area contributed by atoms with Gasteiger partial charge in [-0.1, -0.05) is 19.1 Å². The molecule has 1 atom stereocenters. The van der Waals surface area contributed by atoms with Gasteiger partial charge in [-0.05, 0) is 13.3 Å². The summed E-state index contributed by atoms with van der Waals surface area (Å²) in [7, 11) is 0. The molecule has 7 heteroatoms. The van der Waals surface area contributed by atoms with Crippen molar-refractivity contribution < 1.29 is 14.3 Å². The molecular formula is C9H17N3O3S. The minimum atomic E-state index is -0.873. The Kier molecular flexibility index (Phi) is 5.73. The van der Waals surface area contributed by atoms with Crippen LogP contribution in [0.15, 0.2) is 0 Å². The minimum absolute atomic E-state index is 0.0260. The zero-order chi connectivity index (χ0) is 12.8. The van der Waals surface area contributed by atoms with Gasteiger partial charge in [0.15, 0.2) is 0 Å². The van der Waals surface area contributed by atoms with E-state index in [1.165, 1.54) is 0 Å². The van der Waals surface area contributed by atoms with Crippen molar-refractivity contribution in [3.63, 3.8) is 0 Å². The number of ether oxygens (including phenoxy) is 1. The molecule has 0 aliphatic rings. The van der Waals surface area contributed by atoms with Crippen molar-refractivity contribution in [3.05, 3.63) is 0 Å². The van der Waals surface area contributed by atoms with Crippen LogP contribution >= 0.6 is 12.2 Å². The van der Waals surface area contributed by atoms with Crippen molar-refractivity contribution in [1.82, 2.24) is 5.32 Å². The van der Waals surface area contributed by atoms with E-state index in [4.69, 9.17) is 23.7 Å². The smallest absolute Gasteiger partial charge is 0.404 e. The summed E-state index contributed by atoms with van der Waals surface area (Å²) in [5, 5.41) is 2.57. The quantitative estimate of drug-likeness (QED) is 0.449. The Labute approximate surface area is 99.7 Å². The largest absolute Gasteiger partial charge is 0.448 e. The number of rotatable bonds is 6. The number of thiocarbonyl (C=S) groups is 1. The molecule has 0 aliphatic carbocycles. The van der Waals surface area contributed by atoms with E-state index in [0.717, 1.165) is 0 Å². The maximum absolute atomic E-state index is 11.7. The molecule has 0 aromatic carbocycles. The lowest BCUT2D eigenvalue weighted by Crippen LogP contribution is -2.47. The summed E-state index contributed by atoms with van der Waals surface area (Å²) in [4.78, 5) is 22.1. The van der Waals surface area contributed by atoms with E-state index in [0.29, 0.717) is 6.42 Å². The van der Waals surface area contributed by atoms with Crippen LogP contribution in [-0.2, 0) is 9.53 Å². The first-order chi connectivity index (χ1) is 7.34. The average Bonchev–Trinajstić information content (AvgIpc) is 2.22. The highest BCUT2D eigenvalue weighted by molar-refractivity contribution is 7.80. The number of hydrogen-bond donors (Lipinski definition) is 3. The van der Waals surface area contributed by atoms with Gasteiger partial charge >= 0.3 is 6.09 Å². The molecular weight excluding hydrogens is 230 g/mol. The van der Waals surface area contributed by atoms with E-state index in [1.807, 2.05) is 6.92 Å². The predicted molar refractivity (Wildman–Crippen MR) is 63.7 cm³/mol. The van der Waals surface area contributed by atoms with Crippen LogP contribution in [0.4, 0.5) is 4.79 Å². The fourth-order valence-corrected chi connectivity index (χ4v) is 1.19. The molecule has 0 saturated heterocycles. The Hall–Kier alpha value is -1.37. The van der Waals surface area contributed by atoms with Crippen LogP contribution in [0.25, 0.3) is 0 Å². The van der Waals surface area contributed by atoms with E-state index in [1.54, 1.807) is 6.92 Å². The van der Waals surface area contributed by atoms with Gasteiger partial charge in [-0.15, -0.1) is 0 Å². The molecule has 6 nitrogen and oxygen atoms in total. The maximum atomic E-state index is 11.7. The van der Waals surface area contributed by atoms with E-state index in [-0.39, 0.29) is 24.0 Å². The molecule has 16 heavy (non-hydrogen) atoms. The lowest BCUT2D eigenvalue weighted by atomic mass is 9.86. The minimum Gasteiger partial charge on any atom is -0.448 e. The van der Waals surface area contributed by atoms with Gasteiger partial charge in [0, 0.05) is 0 Å². The van der Waals surface area contributed by atoms with Crippen LogP contribution in [0.1, 0.15) is 20.3 Å². The second-order valence-corrected chi connectivity index (χ2v) is 3.91. The molecule has 1 unspecified atom stereocenters. The van der Waals surface area contributed by atoms with Crippen LogP contribution < -0.4 is 16.8 Å². The Bertz CT molecular complexity index is 296. The molecule has 0 radical (unpaired) electrons. The topological polar surface area (TPSA) is 107 Å². The molecule has 0 bridgehead atoms. The van der Waals surface area contributed by atoms with E-state index < -0.39 is 11.5 Å². The maximum Gasteiger partial charge on any atom is 0.404 e. The number of amides is 2. The fraction of sp³-hybridized carbons (Fsp3) is 0.667. The summed E-state index contributed by atoms with van der Waals surface area (Å²) in [5.41, 5.74) is 9.38. The average molecular weight is 247 g/mol. The highest BCUT2D eigenvalue weighted by atomic mass is 32.1. The number of carbonyl (C=O) groups excluding carboxylic acids is 2. The van der Waals surface area contributed by atoms with Crippen molar-refractivity contribution in [1.29, 1.82) is 0 Å². The van der Waals surface area contributed by atoms with Gasteiger partial charge in [0.25, 0.3) is 0 Å². The van der Waals surface area contributed by atoms with Crippen molar-refractivity contribution in [2.24, 2.45) is 16.9 Å². The summed E-state index contributed by atoms with van der Waals surface area (Å²) in [5.74, 6) is -0.282. The number of nitrogens with two attached hydrogens (primary N) is 2. The summed E-state index contributed by atoms with van der Waals surface area (Å²) in [6.45, 7) is 3.69. The first kappa shape index (κ1) is 14.6. The van der Waals surface area contributed by atoms with Crippen LogP contribution in [0.5, 0.6) is 0 Å². The number of hydrogen-bond acceptors (Lipinski definition) is 4. The highest BCUT2D eigenvalue weighted by Crippen LogP contribution is 2.21. The zero-order valence-corrected chi connectivity index (χ0v) is 10.2. The molecule has 0 aromatic heterocycles. The van der Waals surface area contributed by atoms with Gasteiger partial charge < -0.3 is 21.5 Å². The van der Waals surface area contributed by atoms with Crippen LogP contribution in [0.3, 0.4) is 0 Å². The SMILES string of the molecule is CCC(C)(C(=O)NCCOC(N)=O)C(N)=S. The Balaban J connectivity index is 4.14. The molecule has 0 saturated carbocycles. The molecule has 0 fully saturated rings. The van der Waals surface area contributed by atoms with Gasteiger partial charge in [-0.3, -0.25) is 4.79 Å². The monoisotopic (exact) mass is 247 g/mol. The normalized spacial score (nSPS) is 13.6. The molecule has 0 heterocycles. The third-order valence-electron chi connectivity index (χ3n) is 2.38.